The first-order valence-corrected chi connectivity index (χ1v) is 12.4. The zero-order chi connectivity index (χ0) is 20.3. The first-order chi connectivity index (χ1) is 13.8. The first-order valence-electron chi connectivity index (χ1n) is 12.4. The SMILES string of the molecule is CCCCCCCCCCCCCCCC(=O)C1=CC(CCCCCC)ON1. The van der Waals surface area contributed by atoms with Crippen molar-refractivity contribution < 1.29 is 9.63 Å². The molecule has 28 heavy (non-hydrogen) atoms. The van der Waals surface area contributed by atoms with E-state index in [0.717, 1.165) is 12.8 Å². The van der Waals surface area contributed by atoms with Crippen molar-refractivity contribution in [1.82, 2.24) is 5.48 Å². The highest BCUT2D eigenvalue weighted by molar-refractivity contribution is 5.94. The van der Waals surface area contributed by atoms with Crippen LogP contribution in [0.25, 0.3) is 0 Å². The number of carbonyl (C=O) groups is 1. The lowest BCUT2D eigenvalue weighted by Crippen LogP contribution is -2.16. The quantitative estimate of drug-likeness (QED) is 0.214. The van der Waals surface area contributed by atoms with Crippen LogP contribution in [0.4, 0.5) is 0 Å². The van der Waals surface area contributed by atoms with Gasteiger partial charge in [-0.25, -0.2) is 0 Å². The molecule has 0 aliphatic carbocycles. The Labute approximate surface area is 175 Å². The van der Waals surface area contributed by atoms with Gasteiger partial charge in [0.05, 0.1) is 0 Å². The largest absolute Gasteiger partial charge is 0.292 e. The molecule has 0 bridgehead atoms. The summed E-state index contributed by atoms with van der Waals surface area (Å²) in [6.07, 6.45) is 26.1. The zero-order valence-electron chi connectivity index (χ0n) is 18.9. The second-order valence-electron chi connectivity index (χ2n) is 8.60. The van der Waals surface area contributed by atoms with Crippen molar-refractivity contribution >= 4 is 5.78 Å². The van der Waals surface area contributed by atoms with Gasteiger partial charge in [0.2, 0.25) is 0 Å². The van der Waals surface area contributed by atoms with Crippen LogP contribution in [0.3, 0.4) is 0 Å². The first kappa shape index (κ1) is 25.2. The number of allylic oxidation sites excluding steroid dienone is 1. The third-order valence-electron chi connectivity index (χ3n) is 5.82. The van der Waals surface area contributed by atoms with Crippen LogP contribution in [-0.4, -0.2) is 11.9 Å². The van der Waals surface area contributed by atoms with E-state index in [2.05, 4.69) is 19.3 Å². The number of hydrogen-bond donors (Lipinski definition) is 1. The normalized spacial score (nSPS) is 16.2. The highest BCUT2D eigenvalue weighted by atomic mass is 16.7. The molecule has 3 nitrogen and oxygen atoms in total. The molecule has 0 aromatic carbocycles. The zero-order valence-corrected chi connectivity index (χ0v) is 18.9. The monoisotopic (exact) mass is 393 g/mol. The van der Waals surface area contributed by atoms with Crippen molar-refractivity contribution in [2.75, 3.05) is 0 Å². The van der Waals surface area contributed by atoms with E-state index in [1.165, 1.54) is 103 Å². The standard InChI is InChI=1S/C25H47NO2/c1-3-5-7-9-10-11-12-13-14-15-16-17-19-21-25(27)24-22-23(28-26-24)20-18-8-6-4-2/h22-23,26H,3-21H2,1-2H3. The molecule has 0 spiro atoms. The van der Waals surface area contributed by atoms with Crippen molar-refractivity contribution in [3.63, 3.8) is 0 Å². The van der Waals surface area contributed by atoms with Crippen molar-refractivity contribution in [3.8, 4) is 0 Å². The minimum atomic E-state index is 0.0856. The Morgan fingerprint density at radius 1 is 0.750 bits per heavy atom. The molecule has 0 saturated carbocycles. The van der Waals surface area contributed by atoms with Crippen LogP contribution in [0.2, 0.25) is 0 Å². The number of ketones is 1. The van der Waals surface area contributed by atoms with Gasteiger partial charge in [-0.15, -0.1) is 0 Å². The van der Waals surface area contributed by atoms with Gasteiger partial charge in [0.15, 0.2) is 5.78 Å². The predicted octanol–water partition coefficient (Wildman–Crippen LogP) is 7.79. The second-order valence-corrected chi connectivity index (χ2v) is 8.60. The lowest BCUT2D eigenvalue weighted by molar-refractivity contribution is -0.117. The van der Waals surface area contributed by atoms with E-state index in [-0.39, 0.29) is 11.9 Å². The summed E-state index contributed by atoms with van der Waals surface area (Å²) in [5, 5.41) is 0. The van der Waals surface area contributed by atoms with Gasteiger partial charge in [0, 0.05) is 6.42 Å². The Morgan fingerprint density at radius 2 is 1.21 bits per heavy atom. The molecule has 0 amide bonds. The molecule has 1 aliphatic heterocycles. The molecule has 1 unspecified atom stereocenters. The molecule has 164 valence electrons. The van der Waals surface area contributed by atoms with Gasteiger partial charge in [-0.3, -0.25) is 15.1 Å². The Bertz CT molecular complexity index is 405. The van der Waals surface area contributed by atoms with Crippen LogP contribution < -0.4 is 5.48 Å². The van der Waals surface area contributed by atoms with Crippen molar-refractivity contribution in [2.24, 2.45) is 0 Å². The van der Waals surface area contributed by atoms with Gasteiger partial charge < -0.3 is 0 Å². The van der Waals surface area contributed by atoms with Gasteiger partial charge in [-0.1, -0.05) is 117 Å². The molecular weight excluding hydrogens is 346 g/mol. The van der Waals surface area contributed by atoms with Gasteiger partial charge in [0.1, 0.15) is 11.8 Å². The maximum absolute atomic E-state index is 12.3. The summed E-state index contributed by atoms with van der Waals surface area (Å²) in [6.45, 7) is 4.50. The Morgan fingerprint density at radius 3 is 1.75 bits per heavy atom. The molecular formula is C25H47NO2. The molecule has 3 heteroatoms. The number of Topliss-reactive ketones (excluding diaryl/α,β-unsaturated/α-hetero) is 1. The fraction of sp³-hybridized carbons (Fsp3) is 0.880. The highest BCUT2D eigenvalue weighted by Crippen LogP contribution is 2.17. The van der Waals surface area contributed by atoms with Crippen LogP contribution in [0, 0.1) is 0 Å². The van der Waals surface area contributed by atoms with E-state index in [4.69, 9.17) is 4.84 Å². The number of nitrogens with one attached hydrogen (secondary N) is 1. The Kier molecular flexibility index (Phi) is 16.4. The highest BCUT2D eigenvalue weighted by Gasteiger charge is 2.20. The van der Waals surface area contributed by atoms with E-state index < -0.39 is 0 Å². The smallest absolute Gasteiger partial charge is 0.180 e. The van der Waals surface area contributed by atoms with Gasteiger partial charge in [0.25, 0.3) is 0 Å². The van der Waals surface area contributed by atoms with Crippen LogP contribution in [0.15, 0.2) is 11.8 Å². The fourth-order valence-electron chi connectivity index (χ4n) is 3.90. The summed E-state index contributed by atoms with van der Waals surface area (Å²) in [5.41, 5.74) is 3.55. The van der Waals surface area contributed by atoms with Crippen molar-refractivity contribution in [2.45, 2.75) is 142 Å². The fourth-order valence-corrected chi connectivity index (χ4v) is 3.90. The van der Waals surface area contributed by atoms with E-state index in [1.807, 2.05) is 6.08 Å². The number of hydroxylamine groups is 1. The molecule has 1 rings (SSSR count). The van der Waals surface area contributed by atoms with E-state index >= 15 is 0 Å². The second kappa shape index (κ2) is 18.2. The number of rotatable bonds is 20. The van der Waals surface area contributed by atoms with Crippen molar-refractivity contribution in [1.29, 1.82) is 0 Å². The maximum atomic E-state index is 12.3. The lowest BCUT2D eigenvalue weighted by Gasteiger charge is -2.06. The minimum absolute atomic E-state index is 0.0856. The molecule has 1 N–H and O–H groups in total. The van der Waals surface area contributed by atoms with E-state index in [9.17, 15) is 4.79 Å². The number of hydrogen-bond acceptors (Lipinski definition) is 3. The summed E-state index contributed by atoms with van der Waals surface area (Å²) in [4.78, 5) is 17.8. The third-order valence-corrected chi connectivity index (χ3v) is 5.82. The minimum Gasteiger partial charge on any atom is -0.292 e. The molecule has 0 radical (unpaired) electrons. The third kappa shape index (κ3) is 13.4. The Balaban J connectivity index is 1.90. The lowest BCUT2D eigenvalue weighted by atomic mass is 10.0. The molecule has 1 heterocycles. The van der Waals surface area contributed by atoms with Crippen LogP contribution >= 0.6 is 0 Å². The average molecular weight is 394 g/mol. The van der Waals surface area contributed by atoms with Gasteiger partial charge in [-0.05, 0) is 18.9 Å². The number of unbranched alkanes of at least 4 members (excludes halogenated alkanes) is 15. The topological polar surface area (TPSA) is 38.3 Å². The van der Waals surface area contributed by atoms with Crippen LogP contribution in [0.5, 0.6) is 0 Å². The average Bonchev–Trinajstić information content (AvgIpc) is 3.18. The van der Waals surface area contributed by atoms with Crippen LogP contribution in [-0.2, 0) is 9.63 Å². The van der Waals surface area contributed by atoms with Crippen LogP contribution in [0.1, 0.15) is 136 Å². The Hall–Kier alpha value is -0.830. The summed E-state index contributed by atoms with van der Waals surface area (Å²) in [6, 6.07) is 0. The summed E-state index contributed by atoms with van der Waals surface area (Å²) in [7, 11) is 0. The maximum Gasteiger partial charge on any atom is 0.180 e. The van der Waals surface area contributed by atoms with Crippen molar-refractivity contribution in [3.05, 3.63) is 11.8 Å². The van der Waals surface area contributed by atoms with Gasteiger partial charge in [-0.2, -0.15) is 0 Å². The summed E-state index contributed by atoms with van der Waals surface area (Å²) < 4.78 is 0. The molecule has 0 aromatic rings. The van der Waals surface area contributed by atoms with E-state index in [1.54, 1.807) is 0 Å². The molecule has 1 atom stereocenters. The molecule has 0 saturated heterocycles. The summed E-state index contributed by atoms with van der Waals surface area (Å²) in [5.74, 6) is 0.221. The molecule has 0 aromatic heterocycles. The van der Waals surface area contributed by atoms with Gasteiger partial charge >= 0.3 is 0 Å². The molecule has 1 aliphatic rings. The number of carbonyl (C=O) groups excluding carboxylic acids is 1. The summed E-state index contributed by atoms with van der Waals surface area (Å²) >= 11 is 0. The van der Waals surface area contributed by atoms with E-state index in [0.29, 0.717) is 12.1 Å². The molecule has 0 fully saturated rings. The predicted molar refractivity (Wildman–Crippen MR) is 120 cm³/mol.